The molecule has 1 aliphatic heterocycles. The van der Waals surface area contributed by atoms with Crippen LogP contribution in [-0.4, -0.2) is 17.0 Å². The zero-order valence-electron chi connectivity index (χ0n) is 10.6. The number of hydrogen-bond donors (Lipinski definition) is 0. The van der Waals surface area contributed by atoms with Gasteiger partial charge >= 0.3 is 0 Å². The van der Waals surface area contributed by atoms with Crippen molar-refractivity contribution in [3.05, 3.63) is 24.3 Å². The lowest BCUT2D eigenvalue weighted by molar-refractivity contribution is -0.110. The smallest absolute Gasteiger partial charge is 0.178 e. The van der Waals surface area contributed by atoms with Crippen molar-refractivity contribution < 1.29 is 4.79 Å². The van der Waals surface area contributed by atoms with Crippen molar-refractivity contribution in [2.45, 2.75) is 45.1 Å². The largest absolute Gasteiger partial charge is 0.290 e. The number of rotatable bonds is 0. The summed E-state index contributed by atoms with van der Waals surface area (Å²) in [5, 5.41) is 0. The van der Waals surface area contributed by atoms with Crippen LogP contribution in [0.15, 0.2) is 29.3 Å². The molecule has 0 aromatic carbocycles. The summed E-state index contributed by atoms with van der Waals surface area (Å²) in [5.41, 5.74) is 1.22. The minimum Gasteiger partial charge on any atom is -0.290 e. The Morgan fingerprint density at radius 1 is 1.29 bits per heavy atom. The Morgan fingerprint density at radius 2 is 2.00 bits per heavy atom. The predicted octanol–water partition coefficient (Wildman–Crippen LogP) is 3.09. The molecule has 17 heavy (non-hydrogen) atoms. The molecule has 1 fully saturated rings. The average Bonchev–Trinajstić information content (AvgIpc) is 2.51. The van der Waals surface area contributed by atoms with Gasteiger partial charge in [0.2, 0.25) is 0 Å². The summed E-state index contributed by atoms with van der Waals surface area (Å²) in [6.45, 7) is 4.40. The zero-order chi connectivity index (χ0) is 12.1. The summed E-state index contributed by atoms with van der Waals surface area (Å²) >= 11 is 0. The van der Waals surface area contributed by atoms with Crippen LogP contribution in [0.25, 0.3) is 0 Å². The highest BCUT2D eigenvalue weighted by molar-refractivity contribution is 6.05. The van der Waals surface area contributed by atoms with Crippen molar-refractivity contribution >= 4 is 11.5 Å². The van der Waals surface area contributed by atoms with Gasteiger partial charge in [0.1, 0.15) is 0 Å². The van der Waals surface area contributed by atoms with Gasteiger partial charge < -0.3 is 0 Å². The second-order valence-electron chi connectivity index (χ2n) is 5.85. The van der Waals surface area contributed by atoms with E-state index in [1.165, 1.54) is 31.4 Å². The third-order valence-corrected chi connectivity index (χ3v) is 4.85. The topological polar surface area (TPSA) is 29.4 Å². The molecule has 2 atom stereocenters. The molecule has 1 spiro atoms. The van der Waals surface area contributed by atoms with Gasteiger partial charge in [-0.25, -0.2) is 0 Å². The van der Waals surface area contributed by atoms with Gasteiger partial charge in [0.15, 0.2) is 5.78 Å². The van der Waals surface area contributed by atoms with Crippen LogP contribution in [-0.2, 0) is 4.79 Å². The third-order valence-electron chi connectivity index (χ3n) is 4.85. The van der Waals surface area contributed by atoms with E-state index in [0.717, 1.165) is 0 Å². The molecule has 0 amide bonds. The second-order valence-corrected chi connectivity index (χ2v) is 5.85. The number of fused-ring (bicyclic) bond motifs is 2. The highest BCUT2D eigenvalue weighted by Gasteiger charge is 2.54. The summed E-state index contributed by atoms with van der Waals surface area (Å²) in [7, 11) is 0. The molecule has 0 bridgehead atoms. The average molecular weight is 229 g/mol. The fourth-order valence-electron chi connectivity index (χ4n) is 3.96. The highest BCUT2D eigenvalue weighted by Crippen LogP contribution is 2.54. The van der Waals surface area contributed by atoms with Crippen LogP contribution in [0, 0.1) is 11.3 Å². The Morgan fingerprint density at radius 3 is 2.71 bits per heavy atom. The normalized spacial score (nSPS) is 38.4. The monoisotopic (exact) mass is 229 g/mol. The predicted molar refractivity (Wildman–Crippen MR) is 69.2 cm³/mol. The minimum atomic E-state index is -0.0664. The molecule has 2 unspecified atom stereocenters. The lowest BCUT2D eigenvalue weighted by Gasteiger charge is -2.41. The van der Waals surface area contributed by atoms with Crippen LogP contribution in [0.1, 0.15) is 39.5 Å². The number of allylic oxidation sites excluding steroid dienone is 4. The molecule has 0 saturated heterocycles. The molecule has 0 N–H and O–H groups in total. The number of carbonyl (C=O) groups excluding carboxylic acids is 1. The molecular formula is C15H19NO. The number of aliphatic imine (C=N–C) groups is 1. The van der Waals surface area contributed by atoms with Gasteiger partial charge in [-0.05, 0) is 38.8 Å². The van der Waals surface area contributed by atoms with Gasteiger partial charge in [0, 0.05) is 17.0 Å². The quantitative estimate of drug-likeness (QED) is 0.627. The lowest BCUT2D eigenvalue weighted by atomic mass is 9.61. The van der Waals surface area contributed by atoms with E-state index in [4.69, 9.17) is 4.99 Å². The van der Waals surface area contributed by atoms with Gasteiger partial charge in [0.05, 0.1) is 5.54 Å². The van der Waals surface area contributed by atoms with Crippen molar-refractivity contribution in [2.75, 3.05) is 0 Å². The number of hydrogen-bond acceptors (Lipinski definition) is 2. The van der Waals surface area contributed by atoms with Crippen LogP contribution < -0.4 is 0 Å². The number of ketones is 1. The minimum absolute atomic E-state index is 0.0664. The van der Waals surface area contributed by atoms with E-state index in [-0.39, 0.29) is 16.7 Å². The maximum atomic E-state index is 11.3. The van der Waals surface area contributed by atoms with E-state index in [1.54, 1.807) is 12.2 Å². The zero-order valence-corrected chi connectivity index (χ0v) is 10.6. The summed E-state index contributed by atoms with van der Waals surface area (Å²) in [5.74, 6) is 0.650. The fraction of sp³-hybridized carbons (Fsp3) is 0.600. The first-order chi connectivity index (χ1) is 8.07. The van der Waals surface area contributed by atoms with Crippen LogP contribution >= 0.6 is 0 Å². The number of carbonyl (C=O) groups is 1. The summed E-state index contributed by atoms with van der Waals surface area (Å²) in [6, 6.07) is 0. The summed E-state index contributed by atoms with van der Waals surface area (Å²) in [4.78, 5) is 16.3. The molecule has 1 saturated carbocycles. The van der Waals surface area contributed by atoms with Gasteiger partial charge in [-0.15, -0.1) is 0 Å². The Kier molecular flexibility index (Phi) is 2.19. The Hall–Kier alpha value is -1.18. The summed E-state index contributed by atoms with van der Waals surface area (Å²) in [6.07, 6.45) is 12.6. The van der Waals surface area contributed by atoms with Crippen LogP contribution in [0.4, 0.5) is 0 Å². The van der Waals surface area contributed by atoms with E-state index >= 15 is 0 Å². The molecule has 2 heteroatoms. The first-order valence-electron chi connectivity index (χ1n) is 6.56. The van der Waals surface area contributed by atoms with Crippen LogP contribution in [0.2, 0.25) is 0 Å². The molecule has 0 aromatic heterocycles. The van der Waals surface area contributed by atoms with Gasteiger partial charge in [-0.3, -0.25) is 9.79 Å². The molecular weight excluding hydrogens is 210 g/mol. The standard InChI is InChI=1S/C15H19NO/c1-11-15(9-6-12(17)7-10-15)13-5-3-4-8-14(13,2)16-11/h6-7,9-10,13H,3-5,8H2,1-2H3. The van der Waals surface area contributed by atoms with E-state index in [0.29, 0.717) is 5.92 Å². The highest BCUT2D eigenvalue weighted by atomic mass is 16.1. The fourth-order valence-corrected chi connectivity index (χ4v) is 3.96. The van der Waals surface area contributed by atoms with Gasteiger partial charge in [-0.2, -0.15) is 0 Å². The number of nitrogens with zero attached hydrogens (tertiary/aromatic N) is 1. The molecule has 2 aliphatic carbocycles. The Bertz CT molecular complexity index is 442. The SMILES string of the molecule is CC1=NC2(C)CCCCC2C12C=CC(=O)C=C2. The van der Waals surface area contributed by atoms with Crippen molar-refractivity contribution in [1.82, 2.24) is 0 Å². The van der Waals surface area contributed by atoms with Crippen molar-refractivity contribution in [3.8, 4) is 0 Å². The van der Waals surface area contributed by atoms with E-state index in [2.05, 4.69) is 26.0 Å². The van der Waals surface area contributed by atoms with E-state index in [9.17, 15) is 4.79 Å². The first-order valence-corrected chi connectivity index (χ1v) is 6.56. The second kappa shape index (κ2) is 3.41. The molecule has 0 radical (unpaired) electrons. The Labute approximate surface area is 103 Å². The third kappa shape index (κ3) is 1.39. The molecule has 90 valence electrons. The molecule has 1 heterocycles. The maximum absolute atomic E-state index is 11.3. The molecule has 3 rings (SSSR count). The van der Waals surface area contributed by atoms with E-state index < -0.39 is 0 Å². The lowest BCUT2D eigenvalue weighted by Crippen LogP contribution is -2.42. The molecule has 2 nitrogen and oxygen atoms in total. The van der Waals surface area contributed by atoms with Gasteiger partial charge in [-0.1, -0.05) is 25.0 Å². The maximum Gasteiger partial charge on any atom is 0.178 e. The van der Waals surface area contributed by atoms with Gasteiger partial charge in [0.25, 0.3) is 0 Å². The molecule has 0 aromatic rings. The molecule has 3 aliphatic rings. The summed E-state index contributed by atoms with van der Waals surface area (Å²) < 4.78 is 0. The van der Waals surface area contributed by atoms with E-state index in [1.807, 2.05) is 0 Å². The Balaban J connectivity index is 2.07. The van der Waals surface area contributed by atoms with Crippen molar-refractivity contribution in [2.24, 2.45) is 16.3 Å². The van der Waals surface area contributed by atoms with Crippen LogP contribution in [0.3, 0.4) is 0 Å². The first kappa shape index (κ1) is 10.9. The van der Waals surface area contributed by atoms with Crippen molar-refractivity contribution in [3.63, 3.8) is 0 Å². The van der Waals surface area contributed by atoms with Crippen molar-refractivity contribution in [1.29, 1.82) is 0 Å². The van der Waals surface area contributed by atoms with Crippen LogP contribution in [0.5, 0.6) is 0 Å².